The van der Waals surface area contributed by atoms with Crippen LogP contribution in [0.15, 0.2) is 41.3 Å². The van der Waals surface area contributed by atoms with Gasteiger partial charge < -0.3 is 20.2 Å². The Balaban J connectivity index is 1.29. The zero-order valence-corrected chi connectivity index (χ0v) is 22.4. The first kappa shape index (κ1) is 25.4. The first-order valence-corrected chi connectivity index (χ1v) is 15.4. The minimum absolute atomic E-state index is 0.119. The summed E-state index contributed by atoms with van der Waals surface area (Å²) in [5, 5.41) is 12.3. The van der Waals surface area contributed by atoms with Gasteiger partial charge in [0.05, 0.1) is 34.9 Å². The third kappa shape index (κ3) is 4.71. The zero-order chi connectivity index (χ0) is 26.5. The maximum Gasteiger partial charge on any atom is 0.257 e. The summed E-state index contributed by atoms with van der Waals surface area (Å²) in [5.41, 5.74) is 3.96. The summed E-state index contributed by atoms with van der Waals surface area (Å²) in [6.07, 6.45) is 9.24. The highest BCUT2D eigenvalue weighted by molar-refractivity contribution is 7.91. The number of carbonyl (C=O) groups excluding carboxylic acids is 2. The fourth-order valence-electron chi connectivity index (χ4n) is 6.45. The predicted molar refractivity (Wildman–Crippen MR) is 147 cm³/mol. The molecule has 8 nitrogen and oxygen atoms in total. The van der Waals surface area contributed by atoms with Gasteiger partial charge in [0.15, 0.2) is 9.84 Å². The van der Waals surface area contributed by atoms with Gasteiger partial charge in [-0.05, 0) is 79.8 Å². The molecule has 4 aliphatic rings. The number of nitrogens with zero attached hydrogens (tertiary/aromatic N) is 2. The number of sulfone groups is 1. The van der Waals surface area contributed by atoms with Crippen molar-refractivity contribution in [1.29, 1.82) is 0 Å². The van der Waals surface area contributed by atoms with E-state index in [1.54, 1.807) is 12.1 Å². The molecule has 0 radical (unpaired) electrons. The summed E-state index contributed by atoms with van der Waals surface area (Å²) < 4.78 is 25.4. The Kier molecular flexibility index (Phi) is 6.46. The van der Waals surface area contributed by atoms with Gasteiger partial charge in [-0.2, -0.15) is 0 Å². The van der Waals surface area contributed by atoms with E-state index in [9.17, 15) is 23.1 Å². The molecule has 2 aromatic carbocycles. The van der Waals surface area contributed by atoms with E-state index in [1.807, 2.05) is 23.1 Å². The lowest BCUT2D eigenvalue weighted by molar-refractivity contribution is -0.117. The molecule has 0 bridgehead atoms. The number of nitrogens with one attached hydrogen (secondary N) is 1. The normalized spacial score (nSPS) is 20.7. The lowest BCUT2D eigenvalue weighted by Crippen LogP contribution is -2.36. The molecule has 2 amide bonds. The molecule has 2 heterocycles. The first-order valence-electron chi connectivity index (χ1n) is 13.8. The van der Waals surface area contributed by atoms with E-state index in [2.05, 4.69) is 10.2 Å². The van der Waals surface area contributed by atoms with Crippen molar-refractivity contribution in [3.63, 3.8) is 0 Å². The van der Waals surface area contributed by atoms with Gasteiger partial charge in [-0.25, -0.2) is 8.42 Å². The second-order valence-electron chi connectivity index (χ2n) is 11.4. The van der Waals surface area contributed by atoms with Crippen molar-refractivity contribution < 1.29 is 23.1 Å². The van der Waals surface area contributed by atoms with E-state index in [4.69, 9.17) is 0 Å². The average molecular weight is 538 g/mol. The van der Waals surface area contributed by atoms with Crippen LogP contribution in [0.1, 0.15) is 67.3 Å². The second-order valence-corrected chi connectivity index (χ2v) is 13.5. The summed E-state index contributed by atoms with van der Waals surface area (Å²) in [6.45, 7) is 1.10. The highest BCUT2D eigenvalue weighted by Crippen LogP contribution is 2.54. The summed E-state index contributed by atoms with van der Waals surface area (Å²) >= 11 is 0. The second kappa shape index (κ2) is 9.68. The lowest BCUT2D eigenvalue weighted by Gasteiger charge is -2.35. The maximum atomic E-state index is 13.6. The maximum absolute atomic E-state index is 13.6. The number of rotatable bonds is 7. The molecule has 3 fully saturated rings. The molecule has 6 rings (SSSR count). The largest absolute Gasteiger partial charge is 0.395 e. The molecule has 1 spiro atoms. The summed E-state index contributed by atoms with van der Waals surface area (Å²) in [6, 6.07) is 10.5. The number of piperidine rings is 1. The van der Waals surface area contributed by atoms with E-state index < -0.39 is 16.4 Å². The minimum atomic E-state index is -3.66. The van der Waals surface area contributed by atoms with Gasteiger partial charge in [0.2, 0.25) is 5.91 Å². The fourth-order valence-corrected chi connectivity index (χ4v) is 7.50. The highest BCUT2D eigenvalue weighted by Gasteiger charge is 2.44. The van der Waals surface area contributed by atoms with E-state index in [-0.39, 0.29) is 28.5 Å². The van der Waals surface area contributed by atoms with Crippen LogP contribution in [0.2, 0.25) is 0 Å². The van der Waals surface area contributed by atoms with Crippen molar-refractivity contribution in [2.75, 3.05) is 40.6 Å². The smallest absolute Gasteiger partial charge is 0.257 e. The van der Waals surface area contributed by atoms with Gasteiger partial charge in [-0.1, -0.05) is 18.9 Å². The van der Waals surface area contributed by atoms with Crippen molar-refractivity contribution in [3.8, 4) is 0 Å². The molecule has 2 aromatic rings. The SMILES string of the molecule is O=C(Nc1ccc2c(c1)N(C1CCCC1)C(=O)C2)c1ccc(S(=O)(=O)CCO)cc1N1CCC2(CC1)CC2. The number of fused-ring (bicyclic) bond motifs is 1. The molecular weight excluding hydrogens is 502 g/mol. The van der Waals surface area contributed by atoms with Crippen molar-refractivity contribution in [1.82, 2.24) is 0 Å². The van der Waals surface area contributed by atoms with Crippen LogP contribution in [-0.4, -0.2) is 56.8 Å². The third-order valence-electron chi connectivity index (χ3n) is 8.96. The third-order valence-corrected chi connectivity index (χ3v) is 10.6. The molecule has 9 heteroatoms. The Bertz CT molecular complexity index is 1370. The Morgan fingerprint density at radius 1 is 1.00 bits per heavy atom. The van der Waals surface area contributed by atoms with Crippen LogP contribution in [-0.2, 0) is 21.1 Å². The lowest BCUT2D eigenvalue weighted by atomic mass is 9.93. The van der Waals surface area contributed by atoms with E-state index in [0.29, 0.717) is 28.8 Å². The van der Waals surface area contributed by atoms with Crippen LogP contribution in [0.4, 0.5) is 17.1 Å². The molecule has 2 saturated carbocycles. The fraction of sp³-hybridized carbons (Fsp3) is 0.517. The predicted octanol–water partition coefficient (Wildman–Crippen LogP) is 3.92. The molecule has 2 aliphatic heterocycles. The zero-order valence-electron chi connectivity index (χ0n) is 21.6. The van der Waals surface area contributed by atoms with Gasteiger partial charge in [0, 0.05) is 30.5 Å². The quantitative estimate of drug-likeness (QED) is 0.555. The monoisotopic (exact) mass is 537 g/mol. The molecule has 2 N–H and O–H groups in total. The van der Waals surface area contributed by atoms with Crippen LogP contribution in [0.3, 0.4) is 0 Å². The molecule has 202 valence electrons. The van der Waals surface area contributed by atoms with Crippen molar-refractivity contribution in [2.24, 2.45) is 5.41 Å². The Morgan fingerprint density at radius 3 is 2.42 bits per heavy atom. The Labute approximate surface area is 223 Å². The summed E-state index contributed by atoms with van der Waals surface area (Å²) in [5.74, 6) is -0.544. The summed E-state index contributed by atoms with van der Waals surface area (Å²) in [4.78, 5) is 30.5. The first-order chi connectivity index (χ1) is 18.3. The molecule has 0 unspecified atom stereocenters. The van der Waals surface area contributed by atoms with Gasteiger partial charge in [0.1, 0.15) is 0 Å². The van der Waals surface area contributed by atoms with Crippen molar-refractivity contribution >= 4 is 38.7 Å². The minimum Gasteiger partial charge on any atom is -0.395 e. The number of aliphatic hydroxyl groups is 1. The van der Waals surface area contributed by atoms with Crippen molar-refractivity contribution in [2.45, 2.75) is 68.7 Å². The number of hydrogen-bond donors (Lipinski definition) is 2. The topological polar surface area (TPSA) is 107 Å². The molecule has 0 atom stereocenters. The Morgan fingerprint density at radius 2 is 1.74 bits per heavy atom. The number of hydrogen-bond acceptors (Lipinski definition) is 6. The van der Waals surface area contributed by atoms with Gasteiger partial charge >= 0.3 is 0 Å². The van der Waals surface area contributed by atoms with Crippen LogP contribution in [0.25, 0.3) is 0 Å². The molecular formula is C29H35N3O5S. The molecule has 38 heavy (non-hydrogen) atoms. The van der Waals surface area contributed by atoms with Crippen LogP contribution in [0, 0.1) is 5.41 Å². The van der Waals surface area contributed by atoms with Crippen LogP contribution >= 0.6 is 0 Å². The van der Waals surface area contributed by atoms with Crippen LogP contribution in [0.5, 0.6) is 0 Å². The van der Waals surface area contributed by atoms with Gasteiger partial charge in [0.25, 0.3) is 5.91 Å². The number of benzene rings is 2. The van der Waals surface area contributed by atoms with Gasteiger partial charge in [-0.3, -0.25) is 9.59 Å². The number of amides is 2. The van der Waals surface area contributed by atoms with Gasteiger partial charge in [-0.15, -0.1) is 0 Å². The molecule has 0 aromatic heterocycles. The molecule has 2 aliphatic carbocycles. The summed E-state index contributed by atoms with van der Waals surface area (Å²) in [7, 11) is -3.66. The average Bonchev–Trinajstić information content (AvgIpc) is 3.29. The standard InChI is InChI=1S/C29H35N3O5S/c33-15-16-38(36,37)23-7-8-24(26(19-23)31-13-11-29(9-10-29)12-14-31)28(35)30-21-6-5-20-17-27(34)32(25(20)18-21)22-3-1-2-4-22/h5-8,18-19,22,33H,1-4,9-17H2,(H,30,35). The van der Waals surface area contributed by atoms with E-state index >= 15 is 0 Å². The highest BCUT2D eigenvalue weighted by atomic mass is 32.2. The number of anilines is 3. The van der Waals surface area contributed by atoms with E-state index in [0.717, 1.165) is 62.9 Å². The number of aliphatic hydroxyl groups excluding tert-OH is 1. The van der Waals surface area contributed by atoms with E-state index in [1.165, 1.54) is 18.9 Å². The number of carbonyl (C=O) groups is 2. The van der Waals surface area contributed by atoms with Crippen molar-refractivity contribution in [3.05, 3.63) is 47.5 Å². The van der Waals surface area contributed by atoms with Crippen LogP contribution < -0.4 is 15.1 Å². The molecule has 1 saturated heterocycles. The Hall–Kier alpha value is -2.91.